The summed E-state index contributed by atoms with van der Waals surface area (Å²) in [6.45, 7) is 0.624. The lowest BCUT2D eigenvalue weighted by atomic mass is 10.2. The highest BCUT2D eigenvalue weighted by Crippen LogP contribution is 2.41. The number of aromatic nitrogens is 4. The summed E-state index contributed by atoms with van der Waals surface area (Å²) in [5.41, 5.74) is 3.64. The zero-order chi connectivity index (χ0) is 22.8. The van der Waals surface area contributed by atoms with Crippen LogP contribution >= 0.6 is 0 Å². The Morgan fingerprint density at radius 3 is 2.15 bits per heavy atom. The summed E-state index contributed by atoms with van der Waals surface area (Å²) in [6, 6.07) is 21.7. The molecular formula is C25H22N4O4. The zero-order valence-electron chi connectivity index (χ0n) is 18.5. The molecule has 5 rings (SSSR count). The molecule has 0 fully saturated rings. The molecule has 0 aliphatic rings. The summed E-state index contributed by atoms with van der Waals surface area (Å²) < 4.78 is 24.5. The van der Waals surface area contributed by atoms with Crippen molar-refractivity contribution in [3.63, 3.8) is 0 Å². The van der Waals surface area contributed by atoms with Gasteiger partial charge in [-0.3, -0.25) is 0 Å². The molecule has 0 unspecified atom stereocenters. The van der Waals surface area contributed by atoms with Gasteiger partial charge in [0, 0.05) is 12.1 Å². The van der Waals surface area contributed by atoms with E-state index in [1.807, 2.05) is 42.5 Å². The number of fused-ring (bicyclic) bond motifs is 1. The van der Waals surface area contributed by atoms with Gasteiger partial charge in [-0.2, -0.15) is 0 Å². The molecule has 166 valence electrons. The maximum absolute atomic E-state index is 6.08. The molecule has 0 aliphatic heterocycles. The van der Waals surface area contributed by atoms with Crippen LogP contribution in [0.3, 0.4) is 0 Å². The molecule has 0 bridgehead atoms. The van der Waals surface area contributed by atoms with Crippen molar-refractivity contribution in [3.05, 3.63) is 72.3 Å². The second-order valence-electron chi connectivity index (χ2n) is 7.32. The Hall–Kier alpha value is -4.33. The number of ether oxygens (including phenoxy) is 3. The number of methoxy groups -OCH3 is 3. The molecule has 5 aromatic rings. The van der Waals surface area contributed by atoms with Gasteiger partial charge in [-0.15, -0.1) is 10.2 Å². The molecule has 33 heavy (non-hydrogen) atoms. The van der Waals surface area contributed by atoms with E-state index in [1.54, 1.807) is 33.5 Å². The summed E-state index contributed by atoms with van der Waals surface area (Å²) in [5, 5.41) is 8.57. The van der Waals surface area contributed by atoms with E-state index in [1.165, 1.54) is 0 Å². The Morgan fingerprint density at radius 1 is 0.788 bits per heavy atom. The first kappa shape index (κ1) is 20.6. The van der Waals surface area contributed by atoms with E-state index in [4.69, 9.17) is 23.6 Å². The smallest absolute Gasteiger partial charge is 0.284 e. The van der Waals surface area contributed by atoms with Gasteiger partial charge in [-0.1, -0.05) is 42.5 Å². The molecule has 0 saturated carbocycles. The van der Waals surface area contributed by atoms with E-state index in [2.05, 4.69) is 26.9 Å². The number of nitrogens with zero attached hydrogens (tertiary/aromatic N) is 4. The van der Waals surface area contributed by atoms with Crippen LogP contribution in [0.4, 0.5) is 0 Å². The van der Waals surface area contributed by atoms with Gasteiger partial charge in [0.05, 0.1) is 32.4 Å². The summed E-state index contributed by atoms with van der Waals surface area (Å²) in [6.07, 6.45) is 0. The van der Waals surface area contributed by atoms with Crippen molar-refractivity contribution in [1.29, 1.82) is 0 Å². The van der Waals surface area contributed by atoms with Crippen molar-refractivity contribution >= 4 is 11.0 Å². The van der Waals surface area contributed by atoms with Crippen LogP contribution in [0.2, 0.25) is 0 Å². The summed E-state index contributed by atoms with van der Waals surface area (Å²) in [7, 11) is 4.68. The molecule has 0 saturated heterocycles. The van der Waals surface area contributed by atoms with Crippen LogP contribution in [0.25, 0.3) is 34.2 Å². The molecule has 0 aliphatic carbocycles. The van der Waals surface area contributed by atoms with Crippen molar-refractivity contribution in [2.24, 2.45) is 0 Å². The van der Waals surface area contributed by atoms with E-state index < -0.39 is 0 Å². The lowest BCUT2D eigenvalue weighted by Gasteiger charge is -2.12. The van der Waals surface area contributed by atoms with Crippen LogP contribution in [-0.2, 0) is 6.54 Å². The van der Waals surface area contributed by atoms with Gasteiger partial charge >= 0.3 is 0 Å². The van der Waals surface area contributed by atoms with Crippen molar-refractivity contribution in [2.75, 3.05) is 21.3 Å². The highest BCUT2D eigenvalue weighted by molar-refractivity contribution is 5.79. The largest absolute Gasteiger partial charge is 0.493 e. The van der Waals surface area contributed by atoms with Gasteiger partial charge < -0.3 is 23.2 Å². The second-order valence-corrected chi connectivity index (χ2v) is 7.32. The summed E-state index contributed by atoms with van der Waals surface area (Å²) in [5.74, 6) is 2.75. The number of rotatable bonds is 7. The van der Waals surface area contributed by atoms with E-state index in [0.717, 1.165) is 16.6 Å². The zero-order valence-corrected chi connectivity index (χ0v) is 18.5. The SMILES string of the molecule is COc1cc(-c2nnc(-c3nc4ccccc4n3Cc3ccccc3)o2)cc(OC)c1OC. The average molecular weight is 442 g/mol. The Labute approximate surface area is 190 Å². The molecule has 0 N–H and O–H groups in total. The third kappa shape index (κ3) is 3.76. The highest BCUT2D eigenvalue weighted by atomic mass is 16.5. The van der Waals surface area contributed by atoms with Crippen molar-refractivity contribution in [3.8, 4) is 40.4 Å². The Balaban J connectivity index is 1.60. The molecule has 0 amide bonds. The fourth-order valence-electron chi connectivity index (χ4n) is 3.80. The number of hydrogen-bond acceptors (Lipinski definition) is 7. The maximum atomic E-state index is 6.08. The normalized spacial score (nSPS) is 11.0. The highest BCUT2D eigenvalue weighted by Gasteiger charge is 2.21. The molecule has 8 nitrogen and oxygen atoms in total. The molecule has 0 radical (unpaired) electrons. The first-order valence-electron chi connectivity index (χ1n) is 10.3. The predicted octanol–water partition coefficient (Wildman–Crippen LogP) is 4.83. The van der Waals surface area contributed by atoms with Crippen LogP contribution in [0, 0.1) is 0 Å². The minimum atomic E-state index is 0.322. The van der Waals surface area contributed by atoms with Gasteiger partial charge in [0.2, 0.25) is 11.6 Å². The third-order valence-electron chi connectivity index (χ3n) is 5.37. The maximum Gasteiger partial charge on any atom is 0.284 e. The van der Waals surface area contributed by atoms with Crippen LogP contribution < -0.4 is 14.2 Å². The monoisotopic (exact) mass is 442 g/mol. The topological polar surface area (TPSA) is 84.4 Å². The second kappa shape index (κ2) is 8.66. The fourth-order valence-corrected chi connectivity index (χ4v) is 3.80. The van der Waals surface area contributed by atoms with Gasteiger partial charge in [0.1, 0.15) is 0 Å². The Bertz CT molecular complexity index is 1380. The van der Waals surface area contributed by atoms with Crippen LogP contribution in [0.5, 0.6) is 17.2 Å². The van der Waals surface area contributed by atoms with E-state index in [0.29, 0.717) is 47.0 Å². The average Bonchev–Trinajstić information content (AvgIpc) is 3.49. The molecule has 2 heterocycles. The standard InChI is InChI=1S/C25H22N4O4/c1-30-20-13-17(14-21(31-2)22(20)32-3)24-27-28-25(33-24)23-26-18-11-7-8-12-19(18)29(23)15-16-9-5-4-6-10-16/h4-14H,15H2,1-3H3. The summed E-state index contributed by atoms with van der Waals surface area (Å²) in [4.78, 5) is 4.78. The number of hydrogen-bond donors (Lipinski definition) is 0. The van der Waals surface area contributed by atoms with Crippen molar-refractivity contribution < 1.29 is 18.6 Å². The molecule has 0 atom stereocenters. The lowest BCUT2D eigenvalue weighted by molar-refractivity contribution is 0.324. The first-order chi connectivity index (χ1) is 16.2. The number of para-hydroxylation sites is 2. The first-order valence-corrected chi connectivity index (χ1v) is 10.3. The van der Waals surface area contributed by atoms with E-state index in [9.17, 15) is 0 Å². The Morgan fingerprint density at radius 2 is 1.45 bits per heavy atom. The minimum Gasteiger partial charge on any atom is -0.493 e. The van der Waals surface area contributed by atoms with Gasteiger partial charge in [-0.05, 0) is 29.8 Å². The number of benzene rings is 3. The number of imidazole rings is 1. The molecule has 0 spiro atoms. The molecular weight excluding hydrogens is 420 g/mol. The van der Waals surface area contributed by atoms with Gasteiger partial charge in [0.15, 0.2) is 17.3 Å². The molecule has 2 aromatic heterocycles. The quantitative estimate of drug-likeness (QED) is 0.357. The fraction of sp³-hybridized carbons (Fsp3) is 0.160. The predicted molar refractivity (Wildman–Crippen MR) is 124 cm³/mol. The van der Waals surface area contributed by atoms with Crippen LogP contribution in [0.15, 0.2) is 71.1 Å². The van der Waals surface area contributed by atoms with Crippen molar-refractivity contribution in [1.82, 2.24) is 19.7 Å². The lowest BCUT2D eigenvalue weighted by Crippen LogP contribution is -2.02. The van der Waals surface area contributed by atoms with E-state index in [-0.39, 0.29) is 0 Å². The van der Waals surface area contributed by atoms with Crippen LogP contribution in [0.1, 0.15) is 5.56 Å². The van der Waals surface area contributed by atoms with Gasteiger partial charge in [0.25, 0.3) is 5.89 Å². The van der Waals surface area contributed by atoms with E-state index >= 15 is 0 Å². The third-order valence-corrected chi connectivity index (χ3v) is 5.37. The minimum absolute atomic E-state index is 0.322. The Kier molecular flexibility index (Phi) is 5.40. The molecule has 8 heteroatoms. The van der Waals surface area contributed by atoms with Crippen LogP contribution in [-0.4, -0.2) is 41.1 Å². The summed E-state index contributed by atoms with van der Waals surface area (Å²) >= 11 is 0. The van der Waals surface area contributed by atoms with Gasteiger partial charge in [-0.25, -0.2) is 4.98 Å². The molecule has 3 aromatic carbocycles. The van der Waals surface area contributed by atoms with Crippen molar-refractivity contribution in [2.45, 2.75) is 6.54 Å².